The number of carbonyl (C=O) groups is 2. The van der Waals surface area contributed by atoms with Gasteiger partial charge in [0.15, 0.2) is 11.6 Å². The van der Waals surface area contributed by atoms with Crippen LogP contribution in [0.25, 0.3) is 0 Å². The third-order valence-corrected chi connectivity index (χ3v) is 5.22. The molecule has 0 spiro atoms. The lowest BCUT2D eigenvalue weighted by Crippen LogP contribution is -2.32. The number of amides is 1. The van der Waals surface area contributed by atoms with Gasteiger partial charge in [-0.3, -0.25) is 14.6 Å². The van der Waals surface area contributed by atoms with Gasteiger partial charge >= 0.3 is 0 Å². The number of ketones is 1. The smallest absolute Gasteiger partial charge is 0.254 e. The molecular formula is C24H24N4O3. The highest BCUT2D eigenvalue weighted by Gasteiger charge is 2.30. The monoisotopic (exact) mass is 416 g/mol. The molecular weight excluding hydrogens is 392 g/mol. The van der Waals surface area contributed by atoms with E-state index in [1.165, 1.54) is 0 Å². The minimum Gasteiger partial charge on any atom is -0.471 e. The number of hydrogen-bond acceptors (Lipinski definition) is 6. The number of carbonyl (C=O) groups excluding carboxylic acids is 2. The standard InChI is InChI=1S/C24H24N4O3/c1-27(2)21-14-25-15-22(26-21)31-18-12-13-28(16-18)24(30)20-11-7-6-10-19(20)23(29)17-8-4-3-5-9-17/h3-11,14-15,18H,12-13,16H2,1-2H3. The van der Waals surface area contributed by atoms with E-state index in [9.17, 15) is 9.59 Å². The van der Waals surface area contributed by atoms with Crippen LogP contribution in [0.1, 0.15) is 32.7 Å². The Kier molecular flexibility index (Phi) is 5.93. The van der Waals surface area contributed by atoms with Gasteiger partial charge < -0.3 is 14.5 Å². The summed E-state index contributed by atoms with van der Waals surface area (Å²) in [5, 5.41) is 0. The number of benzene rings is 2. The van der Waals surface area contributed by atoms with Crippen molar-refractivity contribution in [2.75, 3.05) is 32.1 Å². The Morgan fingerprint density at radius 2 is 1.71 bits per heavy atom. The Labute approximate surface area is 181 Å². The summed E-state index contributed by atoms with van der Waals surface area (Å²) < 4.78 is 5.97. The van der Waals surface area contributed by atoms with E-state index >= 15 is 0 Å². The van der Waals surface area contributed by atoms with E-state index in [4.69, 9.17) is 4.74 Å². The lowest BCUT2D eigenvalue weighted by atomic mass is 9.97. The van der Waals surface area contributed by atoms with Crippen LogP contribution in [0.4, 0.5) is 5.82 Å². The summed E-state index contributed by atoms with van der Waals surface area (Å²) in [7, 11) is 3.77. The number of likely N-dealkylation sites (tertiary alicyclic amines) is 1. The molecule has 1 atom stereocenters. The lowest BCUT2D eigenvalue weighted by Gasteiger charge is -2.19. The van der Waals surface area contributed by atoms with Crippen LogP contribution in [0.3, 0.4) is 0 Å². The zero-order valence-electron chi connectivity index (χ0n) is 17.6. The number of hydrogen-bond donors (Lipinski definition) is 0. The van der Waals surface area contributed by atoms with Gasteiger partial charge in [-0.25, -0.2) is 0 Å². The first-order chi connectivity index (χ1) is 15.0. The molecule has 0 aliphatic carbocycles. The zero-order chi connectivity index (χ0) is 21.8. The topological polar surface area (TPSA) is 75.6 Å². The van der Waals surface area contributed by atoms with Crippen molar-refractivity contribution >= 4 is 17.5 Å². The summed E-state index contributed by atoms with van der Waals surface area (Å²) in [5.41, 5.74) is 1.38. The van der Waals surface area contributed by atoms with Crippen LogP contribution < -0.4 is 9.64 Å². The Bertz CT molecular complexity index is 1080. The molecule has 2 aromatic carbocycles. The average molecular weight is 416 g/mol. The Hall–Kier alpha value is -3.74. The molecule has 1 saturated heterocycles. The van der Waals surface area contributed by atoms with Gasteiger partial charge in [-0.05, 0) is 6.07 Å². The highest BCUT2D eigenvalue weighted by atomic mass is 16.5. The van der Waals surface area contributed by atoms with Crippen LogP contribution in [-0.2, 0) is 0 Å². The van der Waals surface area contributed by atoms with Crippen molar-refractivity contribution in [1.29, 1.82) is 0 Å². The number of anilines is 1. The van der Waals surface area contributed by atoms with Crippen molar-refractivity contribution in [3.8, 4) is 5.88 Å². The molecule has 7 heteroatoms. The van der Waals surface area contributed by atoms with Crippen LogP contribution in [-0.4, -0.2) is 59.8 Å². The molecule has 1 aliphatic rings. The first-order valence-corrected chi connectivity index (χ1v) is 10.2. The molecule has 4 rings (SSSR count). The van der Waals surface area contributed by atoms with Crippen molar-refractivity contribution in [2.45, 2.75) is 12.5 Å². The van der Waals surface area contributed by atoms with Gasteiger partial charge in [0.2, 0.25) is 5.88 Å². The van der Waals surface area contributed by atoms with Gasteiger partial charge in [0.25, 0.3) is 5.91 Å². The van der Waals surface area contributed by atoms with E-state index in [-0.39, 0.29) is 17.8 Å². The van der Waals surface area contributed by atoms with Crippen LogP contribution in [0.15, 0.2) is 67.0 Å². The maximum absolute atomic E-state index is 13.2. The molecule has 1 aromatic heterocycles. The van der Waals surface area contributed by atoms with Gasteiger partial charge in [-0.1, -0.05) is 48.5 Å². The molecule has 158 valence electrons. The summed E-state index contributed by atoms with van der Waals surface area (Å²) >= 11 is 0. The number of ether oxygens (including phenoxy) is 1. The highest BCUT2D eigenvalue weighted by Crippen LogP contribution is 2.22. The van der Waals surface area contributed by atoms with Crippen molar-refractivity contribution in [2.24, 2.45) is 0 Å². The Morgan fingerprint density at radius 3 is 2.45 bits per heavy atom. The summed E-state index contributed by atoms with van der Waals surface area (Å²) in [6, 6.07) is 16.0. The molecule has 0 radical (unpaired) electrons. The third kappa shape index (κ3) is 4.55. The fraction of sp³-hybridized carbons (Fsp3) is 0.250. The molecule has 1 amide bonds. The minimum atomic E-state index is -0.173. The summed E-state index contributed by atoms with van der Waals surface area (Å²) in [5.74, 6) is 0.813. The number of rotatable bonds is 6. The summed E-state index contributed by atoms with van der Waals surface area (Å²) in [6.07, 6.45) is 3.75. The number of nitrogens with zero attached hydrogens (tertiary/aromatic N) is 4. The first kappa shape index (κ1) is 20.5. The van der Waals surface area contributed by atoms with E-state index in [0.717, 1.165) is 0 Å². The van der Waals surface area contributed by atoms with Gasteiger partial charge in [-0.2, -0.15) is 4.98 Å². The second-order valence-corrected chi connectivity index (χ2v) is 7.63. The fourth-order valence-corrected chi connectivity index (χ4v) is 3.57. The lowest BCUT2D eigenvalue weighted by molar-refractivity contribution is 0.0767. The predicted octanol–water partition coefficient (Wildman–Crippen LogP) is 3.07. The largest absolute Gasteiger partial charge is 0.471 e. The minimum absolute atomic E-state index is 0.160. The quantitative estimate of drug-likeness (QED) is 0.575. The molecule has 0 saturated carbocycles. The molecule has 0 N–H and O–H groups in total. The predicted molar refractivity (Wildman–Crippen MR) is 118 cm³/mol. The molecule has 2 heterocycles. The van der Waals surface area contributed by atoms with Crippen LogP contribution >= 0.6 is 0 Å². The van der Waals surface area contributed by atoms with Gasteiger partial charge in [0.05, 0.1) is 24.5 Å². The van der Waals surface area contributed by atoms with E-state index < -0.39 is 0 Å². The highest BCUT2D eigenvalue weighted by molar-refractivity contribution is 6.15. The Morgan fingerprint density at radius 1 is 1.00 bits per heavy atom. The van der Waals surface area contributed by atoms with Crippen LogP contribution in [0.2, 0.25) is 0 Å². The van der Waals surface area contributed by atoms with Crippen LogP contribution in [0.5, 0.6) is 5.88 Å². The molecule has 3 aromatic rings. The summed E-state index contributed by atoms with van der Waals surface area (Å²) in [4.78, 5) is 38.4. The molecule has 1 unspecified atom stereocenters. The second-order valence-electron chi connectivity index (χ2n) is 7.63. The number of aromatic nitrogens is 2. The van der Waals surface area contributed by atoms with Crippen molar-refractivity contribution < 1.29 is 14.3 Å². The zero-order valence-corrected chi connectivity index (χ0v) is 17.6. The average Bonchev–Trinajstić information content (AvgIpc) is 3.27. The van der Waals surface area contributed by atoms with E-state index in [2.05, 4.69) is 9.97 Å². The molecule has 7 nitrogen and oxygen atoms in total. The third-order valence-electron chi connectivity index (χ3n) is 5.22. The Balaban J connectivity index is 1.48. The van der Waals surface area contributed by atoms with E-state index in [1.807, 2.05) is 37.2 Å². The summed E-state index contributed by atoms with van der Waals surface area (Å²) in [6.45, 7) is 0.985. The molecule has 1 aliphatic heterocycles. The second kappa shape index (κ2) is 8.95. The van der Waals surface area contributed by atoms with Gasteiger partial charge in [-0.15, -0.1) is 0 Å². The van der Waals surface area contributed by atoms with Crippen molar-refractivity contribution in [3.05, 3.63) is 83.7 Å². The van der Waals surface area contributed by atoms with Gasteiger partial charge in [0.1, 0.15) is 6.10 Å². The first-order valence-electron chi connectivity index (χ1n) is 10.2. The van der Waals surface area contributed by atoms with Crippen molar-refractivity contribution in [1.82, 2.24) is 14.9 Å². The van der Waals surface area contributed by atoms with E-state index in [0.29, 0.717) is 47.9 Å². The molecule has 1 fully saturated rings. The molecule has 0 bridgehead atoms. The molecule has 31 heavy (non-hydrogen) atoms. The maximum atomic E-state index is 13.2. The van der Waals surface area contributed by atoms with Crippen LogP contribution in [0, 0.1) is 0 Å². The van der Waals surface area contributed by atoms with Crippen molar-refractivity contribution in [3.63, 3.8) is 0 Å². The SMILES string of the molecule is CN(C)c1cncc(OC2CCN(C(=O)c3ccccc3C(=O)c3ccccc3)C2)n1. The maximum Gasteiger partial charge on any atom is 0.254 e. The normalized spacial score (nSPS) is 15.5. The fourth-order valence-electron chi connectivity index (χ4n) is 3.57. The van der Waals surface area contributed by atoms with E-state index in [1.54, 1.807) is 53.7 Å². The van der Waals surface area contributed by atoms with Gasteiger partial charge in [0, 0.05) is 38.2 Å².